The SMILES string of the molecule is Cc1ccnc(NC(=O)C2(c3cccs3)CCOCC2)c1. The molecule has 0 spiro atoms. The van der Waals surface area contributed by atoms with Crippen molar-refractivity contribution in [2.45, 2.75) is 25.2 Å². The topological polar surface area (TPSA) is 51.2 Å². The third kappa shape index (κ3) is 2.84. The number of ether oxygens (including phenoxy) is 1. The zero-order valence-electron chi connectivity index (χ0n) is 12.0. The average molecular weight is 302 g/mol. The fraction of sp³-hybridized carbons (Fsp3) is 0.375. The number of hydrogen-bond acceptors (Lipinski definition) is 4. The Morgan fingerprint density at radius 1 is 1.38 bits per heavy atom. The van der Waals surface area contributed by atoms with Gasteiger partial charge in [0.1, 0.15) is 5.82 Å². The van der Waals surface area contributed by atoms with Gasteiger partial charge in [-0.25, -0.2) is 4.98 Å². The first kappa shape index (κ1) is 14.2. The van der Waals surface area contributed by atoms with E-state index < -0.39 is 5.41 Å². The van der Waals surface area contributed by atoms with E-state index in [1.54, 1.807) is 17.5 Å². The van der Waals surface area contributed by atoms with Crippen LogP contribution in [0.4, 0.5) is 5.82 Å². The Bertz CT molecular complexity index is 619. The van der Waals surface area contributed by atoms with Crippen molar-refractivity contribution < 1.29 is 9.53 Å². The summed E-state index contributed by atoms with van der Waals surface area (Å²) in [6, 6.07) is 7.84. The van der Waals surface area contributed by atoms with Crippen LogP contribution in [0.2, 0.25) is 0 Å². The van der Waals surface area contributed by atoms with Gasteiger partial charge in [-0.05, 0) is 48.9 Å². The van der Waals surface area contributed by atoms with Crippen molar-refractivity contribution in [1.29, 1.82) is 0 Å². The van der Waals surface area contributed by atoms with E-state index in [0.717, 1.165) is 10.4 Å². The molecule has 0 aromatic carbocycles. The van der Waals surface area contributed by atoms with E-state index in [9.17, 15) is 4.79 Å². The molecule has 1 aliphatic heterocycles. The minimum absolute atomic E-state index is 0.0198. The molecule has 1 fully saturated rings. The molecule has 5 heteroatoms. The smallest absolute Gasteiger partial charge is 0.237 e. The van der Waals surface area contributed by atoms with Crippen molar-refractivity contribution in [2.24, 2.45) is 0 Å². The van der Waals surface area contributed by atoms with Gasteiger partial charge < -0.3 is 10.1 Å². The highest BCUT2D eigenvalue weighted by Crippen LogP contribution is 2.38. The molecule has 1 saturated heterocycles. The van der Waals surface area contributed by atoms with Gasteiger partial charge in [-0.2, -0.15) is 0 Å². The first-order valence-corrected chi connectivity index (χ1v) is 7.94. The van der Waals surface area contributed by atoms with Gasteiger partial charge in [0.25, 0.3) is 0 Å². The van der Waals surface area contributed by atoms with Crippen LogP contribution in [0.25, 0.3) is 0 Å². The van der Waals surface area contributed by atoms with Gasteiger partial charge >= 0.3 is 0 Å². The Kier molecular flexibility index (Phi) is 4.03. The fourth-order valence-corrected chi connectivity index (χ4v) is 3.68. The van der Waals surface area contributed by atoms with Crippen molar-refractivity contribution in [3.63, 3.8) is 0 Å². The second-order valence-electron chi connectivity index (χ2n) is 5.34. The third-order valence-electron chi connectivity index (χ3n) is 3.93. The summed E-state index contributed by atoms with van der Waals surface area (Å²) in [4.78, 5) is 18.2. The van der Waals surface area contributed by atoms with E-state index in [2.05, 4.69) is 10.3 Å². The highest BCUT2D eigenvalue weighted by Gasteiger charge is 2.42. The van der Waals surface area contributed by atoms with Gasteiger partial charge in [-0.15, -0.1) is 11.3 Å². The highest BCUT2D eigenvalue weighted by molar-refractivity contribution is 7.10. The number of amides is 1. The van der Waals surface area contributed by atoms with Crippen LogP contribution in [0.3, 0.4) is 0 Å². The second kappa shape index (κ2) is 5.95. The monoisotopic (exact) mass is 302 g/mol. The molecule has 21 heavy (non-hydrogen) atoms. The molecule has 2 aromatic rings. The summed E-state index contributed by atoms with van der Waals surface area (Å²) < 4.78 is 5.45. The molecule has 3 rings (SSSR count). The lowest BCUT2D eigenvalue weighted by molar-refractivity contribution is -0.125. The predicted octanol–water partition coefficient (Wildman–Crippen LogP) is 3.14. The maximum absolute atomic E-state index is 12.9. The van der Waals surface area contributed by atoms with E-state index in [1.165, 1.54) is 0 Å². The normalized spacial score (nSPS) is 17.4. The van der Waals surface area contributed by atoms with Crippen molar-refractivity contribution >= 4 is 23.1 Å². The summed E-state index contributed by atoms with van der Waals surface area (Å²) in [5.74, 6) is 0.633. The molecule has 4 nitrogen and oxygen atoms in total. The lowest BCUT2D eigenvalue weighted by Crippen LogP contribution is -2.44. The Hall–Kier alpha value is -1.72. The summed E-state index contributed by atoms with van der Waals surface area (Å²) >= 11 is 1.63. The molecule has 1 aliphatic rings. The van der Waals surface area contributed by atoms with Crippen LogP contribution in [-0.4, -0.2) is 24.1 Å². The van der Waals surface area contributed by atoms with Crippen LogP contribution >= 0.6 is 11.3 Å². The Morgan fingerprint density at radius 2 is 2.19 bits per heavy atom. The molecule has 0 bridgehead atoms. The number of thiophene rings is 1. The van der Waals surface area contributed by atoms with Gasteiger partial charge in [-0.3, -0.25) is 4.79 Å². The van der Waals surface area contributed by atoms with Crippen molar-refractivity contribution in [2.75, 3.05) is 18.5 Å². The molecular weight excluding hydrogens is 284 g/mol. The number of carbonyl (C=O) groups is 1. The molecule has 0 aliphatic carbocycles. The molecule has 1 N–H and O–H groups in total. The Labute approximate surface area is 128 Å². The maximum Gasteiger partial charge on any atom is 0.237 e. The maximum atomic E-state index is 12.9. The van der Waals surface area contributed by atoms with Crippen molar-refractivity contribution in [1.82, 2.24) is 4.98 Å². The standard InChI is InChI=1S/C16H18N2O2S/c1-12-4-7-17-14(11-12)18-15(19)16(5-8-20-9-6-16)13-3-2-10-21-13/h2-4,7,10-11H,5-6,8-9H2,1H3,(H,17,18,19). The minimum Gasteiger partial charge on any atom is -0.381 e. The van der Waals surface area contributed by atoms with Crippen LogP contribution < -0.4 is 5.32 Å². The summed E-state index contributed by atoms with van der Waals surface area (Å²) in [5, 5.41) is 5.00. The fourth-order valence-electron chi connectivity index (χ4n) is 2.70. The van der Waals surface area contributed by atoms with Gasteiger partial charge in [0.05, 0.1) is 5.41 Å². The number of carbonyl (C=O) groups excluding carboxylic acids is 1. The van der Waals surface area contributed by atoms with E-state index in [-0.39, 0.29) is 5.91 Å². The average Bonchev–Trinajstić information content (AvgIpc) is 3.02. The lowest BCUT2D eigenvalue weighted by Gasteiger charge is -2.34. The van der Waals surface area contributed by atoms with E-state index in [1.807, 2.05) is 36.6 Å². The minimum atomic E-state index is -0.488. The Balaban J connectivity index is 1.88. The first-order chi connectivity index (χ1) is 10.2. The number of nitrogens with one attached hydrogen (secondary N) is 1. The number of aryl methyl sites for hydroxylation is 1. The molecule has 1 amide bonds. The Morgan fingerprint density at radius 3 is 2.86 bits per heavy atom. The second-order valence-corrected chi connectivity index (χ2v) is 6.29. The highest BCUT2D eigenvalue weighted by atomic mass is 32.1. The summed E-state index contributed by atoms with van der Waals surface area (Å²) in [5.41, 5.74) is 0.593. The number of hydrogen-bond donors (Lipinski definition) is 1. The summed E-state index contributed by atoms with van der Waals surface area (Å²) in [6.45, 7) is 3.22. The number of aromatic nitrogens is 1. The molecule has 0 unspecified atom stereocenters. The molecular formula is C16H18N2O2S. The van der Waals surface area contributed by atoms with E-state index in [0.29, 0.717) is 31.9 Å². The summed E-state index contributed by atoms with van der Waals surface area (Å²) in [7, 11) is 0. The number of nitrogens with zero attached hydrogens (tertiary/aromatic N) is 1. The molecule has 0 atom stereocenters. The zero-order chi connectivity index (χ0) is 14.7. The van der Waals surface area contributed by atoms with Crippen LogP contribution in [-0.2, 0) is 14.9 Å². The van der Waals surface area contributed by atoms with Gasteiger partial charge in [-0.1, -0.05) is 6.07 Å². The van der Waals surface area contributed by atoms with Crippen LogP contribution in [0.1, 0.15) is 23.3 Å². The molecule has 0 saturated carbocycles. The van der Waals surface area contributed by atoms with E-state index in [4.69, 9.17) is 4.74 Å². The van der Waals surface area contributed by atoms with Crippen molar-refractivity contribution in [3.05, 3.63) is 46.3 Å². The molecule has 110 valence electrons. The zero-order valence-corrected chi connectivity index (χ0v) is 12.8. The van der Waals surface area contributed by atoms with Crippen LogP contribution in [0.5, 0.6) is 0 Å². The molecule has 3 heterocycles. The predicted molar refractivity (Wildman–Crippen MR) is 83.7 cm³/mol. The molecule has 0 radical (unpaired) electrons. The van der Waals surface area contributed by atoms with E-state index >= 15 is 0 Å². The van der Waals surface area contributed by atoms with Gasteiger partial charge in [0.15, 0.2) is 0 Å². The van der Waals surface area contributed by atoms with Gasteiger partial charge in [0, 0.05) is 24.3 Å². The first-order valence-electron chi connectivity index (χ1n) is 7.06. The third-order valence-corrected chi connectivity index (χ3v) is 5.00. The quantitative estimate of drug-likeness (QED) is 0.947. The van der Waals surface area contributed by atoms with Crippen LogP contribution in [0.15, 0.2) is 35.8 Å². The number of pyridine rings is 1. The largest absolute Gasteiger partial charge is 0.381 e. The number of rotatable bonds is 3. The van der Waals surface area contributed by atoms with Crippen molar-refractivity contribution in [3.8, 4) is 0 Å². The number of anilines is 1. The molecule has 2 aromatic heterocycles. The lowest BCUT2D eigenvalue weighted by atomic mass is 9.78. The van der Waals surface area contributed by atoms with Gasteiger partial charge in [0.2, 0.25) is 5.91 Å². The van der Waals surface area contributed by atoms with Crippen LogP contribution in [0, 0.1) is 6.92 Å². The summed E-state index contributed by atoms with van der Waals surface area (Å²) in [6.07, 6.45) is 3.14.